The molecule has 0 fully saturated rings. The molecular formula is C14H15BrN3O2-. The summed E-state index contributed by atoms with van der Waals surface area (Å²) in [6.07, 6.45) is 2.15. The van der Waals surface area contributed by atoms with Crippen LogP contribution in [0.1, 0.15) is 20.3 Å². The Hall–Kier alpha value is -1.69. The average molecular weight is 337 g/mol. The number of benzene rings is 1. The summed E-state index contributed by atoms with van der Waals surface area (Å²) in [6.45, 7) is 3.81. The summed E-state index contributed by atoms with van der Waals surface area (Å²) < 4.78 is 0.886. The van der Waals surface area contributed by atoms with Gasteiger partial charge >= 0.3 is 0 Å². The first-order chi connectivity index (χ1) is 9.52. The van der Waals surface area contributed by atoms with Crippen molar-refractivity contribution in [3.8, 4) is 0 Å². The van der Waals surface area contributed by atoms with Gasteiger partial charge in [-0.2, -0.15) is 0 Å². The second kappa shape index (κ2) is 6.17. The minimum absolute atomic E-state index is 0.0582. The number of hydrogen-bond acceptors (Lipinski definition) is 5. The highest BCUT2D eigenvalue weighted by molar-refractivity contribution is 9.10. The maximum Gasteiger partial charge on any atom is 0.137 e. The molecule has 1 N–H and O–H groups in total. The Morgan fingerprint density at radius 1 is 1.45 bits per heavy atom. The Morgan fingerprint density at radius 3 is 2.85 bits per heavy atom. The van der Waals surface area contributed by atoms with Crippen molar-refractivity contribution in [3.05, 3.63) is 29.0 Å². The number of rotatable bonds is 5. The van der Waals surface area contributed by atoms with Crippen LogP contribution < -0.4 is 10.4 Å². The first-order valence-electron chi connectivity index (χ1n) is 6.40. The lowest BCUT2D eigenvalue weighted by Crippen LogP contribution is -2.45. The van der Waals surface area contributed by atoms with Crippen molar-refractivity contribution in [1.29, 1.82) is 0 Å². The SMILES string of the molecule is CC[C@H](C)[C@@H](Nc1ncnc2ccc(Br)cc12)C(=O)[O-]. The number of carboxylic acid groups (broad SMARTS) is 1. The number of nitrogens with zero attached hydrogens (tertiary/aromatic N) is 2. The third kappa shape index (κ3) is 3.07. The number of carboxylic acids is 1. The first-order valence-corrected chi connectivity index (χ1v) is 7.20. The molecule has 1 aromatic heterocycles. The number of hydrogen-bond donors (Lipinski definition) is 1. The van der Waals surface area contributed by atoms with Gasteiger partial charge in [-0.1, -0.05) is 36.2 Å². The number of fused-ring (bicyclic) bond motifs is 1. The van der Waals surface area contributed by atoms with Crippen LogP contribution in [-0.2, 0) is 4.79 Å². The molecule has 0 unspecified atom stereocenters. The van der Waals surface area contributed by atoms with E-state index >= 15 is 0 Å². The standard InChI is InChI=1S/C14H16BrN3O2/c1-3-8(2)12(14(19)20)18-13-10-6-9(15)4-5-11(10)16-7-17-13/h4-8,12H,3H2,1-2H3,(H,19,20)(H,16,17,18)/p-1/t8-,12+/m0/s1. The minimum atomic E-state index is -1.12. The maximum atomic E-state index is 11.3. The van der Waals surface area contributed by atoms with Gasteiger partial charge in [0, 0.05) is 9.86 Å². The summed E-state index contributed by atoms with van der Waals surface area (Å²) in [5.41, 5.74) is 0.756. The Balaban J connectivity index is 2.42. The monoisotopic (exact) mass is 336 g/mol. The predicted octanol–water partition coefficient (Wildman–Crippen LogP) is 1.97. The molecule has 0 aliphatic heterocycles. The summed E-state index contributed by atoms with van der Waals surface area (Å²) in [5.74, 6) is -0.677. The van der Waals surface area contributed by atoms with Gasteiger partial charge < -0.3 is 15.2 Å². The molecule has 2 aromatic rings. The number of carbonyl (C=O) groups excluding carboxylic acids is 1. The molecule has 5 nitrogen and oxygen atoms in total. The van der Waals surface area contributed by atoms with E-state index in [4.69, 9.17) is 0 Å². The number of halogens is 1. The van der Waals surface area contributed by atoms with E-state index in [2.05, 4.69) is 31.2 Å². The fourth-order valence-corrected chi connectivity index (χ4v) is 2.32. The molecule has 6 heteroatoms. The zero-order valence-corrected chi connectivity index (χ0v) is 12.8. The van der Waals surface area contributed by atoms with Gasteiger partial charge in [-0.3, -0.25) is 0 Å². The molecule has 0 saturated carbocycles. The highest BCUT2D eigenvalue weighted by Crippen LogP contribution is 2.24. The minimum Gasteiger partial charge on any atom is -0.548 e. The third-order valence-electron chi connectivity index (χ3n) is 3.36. The Morgan fingerprint density at radius 2 is 2.20 bits per heavy atom. The molecule has 1 heterocycles. The van der Waals surface area contributed by atoms with Gasteiger partial charge in [-0.05, 0) is 24.1 Å². The molecule has 0 amide bonds. The van der Waals surface area contributed by atoms with Crippen LogP contribution in [0.15, 0.2) is 29.0 Å². The van der Waals surface area contributed by atoms with Crippen LogP contribution in [0, 0.1) is 5.92 Å². The van der Waals surface area contributed by atoms with Crippen LogP contribution in [0.3, 0.4) is 0 Å². The van der Waals surface area contributed by atoms with Gasteiger partial charge in [-0.25, -0.2) is 9.97 Å². The number of carbonyl (C=O) groups is 1. The summed E-state index contributed by atoms with van der Waals surface area (Å²) in [5, 5.41) is 15.0. The average Bonchev–Trinajstić information content (AvgIpc) is 2.43. The van der Waals surface area contributed by atoms with Crippen molar-refractivity contribution in [3.63, 3.8) is 0 Å². The fraction of sp³-hybridized carbons (Fsp3) is 0.357. The molecule has 0 bridgehead atoms. The highest BCUT2D eigenvalue weighted by atomic mass is 79.9. The molecule has 1 aromatic carbocycles. The van der Waals surface area contributed by atoms with E-state index in [-0.39, 0.29) is 5.92 Å². The lowest BCUT2D eigenvalue weighted by atomic mass is 9.99. The molecule has 0 spiro atoms. The second-order valence-corrected chi connectivity index (χ2v) is 5.63. The van der Waals surface area contributed by atoms with Gasteiger partial charge in [0.1, 0.15) is 12.1 Å². The highest BCUT2D eigenvalue weighted by Gasteiger charge is 2.18. The number of aliphatic carboxylic acids is 1. The molecule has 20 heavy (non-hydrogen) atoms. The zero-order valence-electron chi connectivity index (χ0n) is 11.3. The molecule has 0 saturated heterocycles. The quantitative estimate of drug-likeness (QED) is 0.903. The fourth-order valence-electron chi connectivity index (χ4n) is 1.96. The van der Waals surface area contributed by atoms with Gasteiger partial charge in [0.15, 0.2) is 0 Å². The van der Waals surface area contributed by atoms with E-state index in [9.17, 15) is 9.90 Å². The summed E-state index contributed by atoms with van der Waals surface area (Å²) in [4.78, 5) is 19.6. The van der Waals surface area contributed by atoms with E-state index < -0.39 is 12.0 Å². The van der Waals surface area contributed by atoms with Gasteiger partial charge in [0.2, 0.25) is 0 Å². The van der Waals surface area contributed by atoms with Crippen LogP contribution in [0.4, 0.5) is 5.82 Å². The normalized spacial score (nSPS) is 13.9. The predicted molar refractivity (Wildman–Crippen MR) is 79.1 cm³/mol. The molecule has 2 rings (SSSR count). The molecular weight excluding hydrogens is 322 g/mol. The number of nitrogens with one attached hydrogen (secondary N) is 1. The Kier molecular flexibility index (Phi) is 4.54. The van der Waals surface area contributed by atoms with Gasteiger partial charge in [-0.15, -0.1) is 0 Å². The van der Waals surface area contributed by atoms with Gasteiger partial charge in [0.05, 0.1) is 17.5 Å². The Labute approximate surface area is 125 Å². The summed E-state index contributed by atoms with van der Waals surface area (Å²) in [7, 11) is 0. The van der Waals surface area contributed by atoms with Crippen molar-refractivity contribution in [2.45, 2.75) is 26.3 Å². The molecule has 2 atom stereocenters. The second-order valence-electron chi connectivity index (χ2n) is 4.71. The lowest BCUT2D eigenvalue weighted by Gasteiger charge is -2.26. The van der Waals surface area contributed by atoms with Crippen LogP contribution in [0.5, 0.6) is 0 Å². The lowest BCUT2D eigenvalue weighted by molar-refractivity contribution is -0.307. The van der Waals surface area contributed by atoms with Gasteiger partial charge in [0.25, 0.3) is 0 Å². The molecule has 0 aliphatic carbocycles. The zero-order chi connectivity index (χ0) is 14.7. The molecule has 0 radical (unpaired) electrons. The largest absolute Gasteiger partial charge is 0.548 e. The van der Waals surface area contributed by atoms with E-state index in [1.807, 2.05) is 32.0 Å². The smallest absolute Gasteiger partial charge is 0.137 e. The van der Waals surface area contributed by atoms with Crippen molar-refractivity contribution in [2.75, 3.05) is 5.32 Å². The van der Waals surface area contributed by atoms with E-state index in [0.29, 0.717) is 5.82 Å². The van der Waals surface area contributed by atoms with Crippen molar-refractivity contribution >= 4 is 38.6 Å². The first kappa shape index (κ1) is 14.7. The van der Waals surface area contributed by atoms with Crippen LogP contribution in [0.2, 0.25) is 0 Å². The van der Waals surface area contributed by atoms with Crippen molar-refractivity contribution < 1.29 is 9.90 Å². The maximum absolute atomic E-state index is 11.3. The number of aromatic nitrogens is 2. The summed E-state index contributed by atoms with van der Waals surface area (Å²) >= 11 is 3.39. The van der Waals surface area contributed by atoms with Crippen LogP contribution in [0.25, 0.3) is 10.9 Å². The number of anilines is 1. The van der Waals surface area contributed by atoms with Crippen molar-refractivity contribution in [1.82, 2.24) is 9.97 Å². The van der Waals surface area contributed by atoms with Crippen molar-refractivity contribution in [2.24, 2.45) is 5.92 Å². The third-order valence-corrected chi connectivity index (χ3v) is 3.85. The molecule has 106 valence electrons. The Bertz CT molecular complexity index is 633. The van der Waals surface area contributed by atoms with E-state index in [0.717, 1.165) is 21.8 Å². The van der Waals surface area contributed by atoms with Crippen LogP contribution in [-0.4, -0.2) is 22.0 Å². The van der Waals surface area contributed by atoms with E-state index in [1.54, 1.807) is 0 Å². The van der Waals surface area contributed by atoms with Crippen LogP contribution >= 0.6 is 15.9 Å². The summed E-state index contributed by atoms with van der Waals surface area (Å²) in [6, 6.07) is 4.81. The topological polar surface area (TPSA) is 77.9 Å². The molecule has 0 aliphatic rings. The van der Waals surface area contributed by atoms with E-state index in [1.165, 1.54) is 6.33 Å².